The molecule has 1 aliphatic heterocycles. The van der Waals surface area contributed by atoms with Gasteiger partial charge in [-0.3, -0.25) is 0 Å². The van der Waals surface area contributed by atoms with E-state index in [0.717, 1.165) is 63.2 Å². The number of nitrogens with one attached hydrogen (secondary N) is 1. The SMILES string of the molecule is COc1ccc(CCN2CCNCC2)cc1OCC1CC1. The van der Waals surface area contributed by atoms with Gasteiger partial charge in [-0.1, -0.05) is 6.07 Å². The maximum atomic E-state index is 5.94. The highest BCUT2D eigenvalue weighted by Crippen LogP contribution is 2.33. The number of hydrogen-bond donors (Lipinski definition) is 1. The monoisotopic (exact) mass is 290 g/mol. The van der Waals surface area contributed by atoms with Crippen LogP contribution in [0.15, 0.2) is 18.2 Å². The minimum absolute atomic E-state index is 0.763. The number of piperazine rings is 1. The fraction of sp³-hybridized carbons (Fsp3) is 0.647. The van der Waals surface area contributed by atoms with Crippen LogP contribution in [0.1, 0.15) is 18.4 Å². The molecule has 1 aromatic rings. The van der Waals surface area contributed by atoms with Crippen molar-refractivity contribution in [1.29, 1.82) is 0 Å². The number of methoxy groups -OCH3 is 1. The smallest absolute Gasteiger partial charge is 0.161 e. The van der Waals surface area contributed by atoms with E-state index < -0.39 is 0 Å². The van der Waals surface area contributed by atoms with Crippen LogP contribution in [0.3, 0.4) is 0 Å². The molecule has 0 amide bonds. The molecule has 1 N–H and O–H groups in total. The standard InChI is InChI=1S/C17H26N2O2/c1-20-16-5-4-14(6-9-19-10-7-18-8-11-19)12-17(16)21-13-15-2-3-15/h4-5,12,15,18H,2-3,6-11,13H2,1H3. The Balaban J connectivity index is 1.56. The Hall–Kier alpha value is -1.26. The largest absolute Gasteiger partial charge is 0.493 e. The molecule has 3 rings (SSSR count). The summed E-state index contributed by atoms with van der Waals surface area (Å²) < 4.78 is 11.3. The Labute approximate surface area is 127 Å². The zero-order chi connectivity index (χ0) is 14.5. The highest BCUT2D eigenvalue weighted by atomic mass is 16.5. The van der Waals surface area contributed by atoms with E-state index in [2.05, 4.69) is 22.3 Å². The fourth-order valence-electron chi connectivity index (χ4n) is 2.70. The molecule has 1 aliphatic carbocycles. The Morgan fingerprint density at radius 2 is 2.00 bits per heavy atom. The Bertz CT molecular complexity index is 454. The van der Waals surface area contributed by atoms with Crippen LogP contribution in [0.4, 0.5) is 0 Å². The van der Waals surface area contributed by atoms with Crippen molar-refractivity contribution in [3.63, 3.8) is 0 Å². The van der Waals surface area contributed by atoms with Crippen LogP contribution in [0, 0.1) is 5.92 Å². The van der Waals surface area contributed by atoms with Gasteiger partial charge in [-0.2, -0.15) is 0 Å². The fourth-order valence-corrected chi connectivity index (χ4v) is 2.70. The summed E-state index contributed by atoms with van der Waals surface area (Å²) in [7, 11) is 1.71. The van der Waals surface area contributed by atoms with E-state index in [1.54, 1.807) is 7.11 Å². The molecule has 1 heterocycles. The minimum atomic E-state index is 0.763. The summed E-state index contributed by atoms with van der Waals surface area (Å²) in [5.74, 6) is 2.52. The number of nitrogens with zero attached hydrogens (tertiary/aromatic N) is 1. The predicted octanol–water partition coefficient (Wildman–Crippen LogP) is 1.93. The number of benzene rings is 1. The van der Waals surface area contributed by atoms with Crippen molar-refractivity contribution in [2.75, 3.05) is 46.4 Å². The number of hydrogen-bond acceptors (Lipinski definition) is 4. The Morgan fingerprint density at radius 3 is 2.71 bits per heavy atom. The molecule has 0 bridgehead atoms. The van der Waals surface area contributed by atoms with Gasteiger partial charge in [0.25, 0.3) is 0 Å². The predicted molar refractivity (Wildman–Crippen MR) is 84.2 cm³/mol. The van der Waals surface area contributed by atoms with Crippen LogP contribution in [-0.4, -0.2) is 51.3 Å². The second-order valence-electron chi connectivity index (χ2n) is 6.08. The molecule has 0 atom stereocenters. The summed E-state index contributed by atoms with van der Waals surface area (Å²) in [4.78, 5) is 2.52. The number of rotatable bonds is 7. The highest BCUT2D eigenvalue weighted by Gasteiger charge is 2.22. The van der Waals surface area contributed by atoms with Crippen LogP contribution in [0.5, 0.6) is 11.5 Å². The molecule has 0 aromatic heterocycles. The van der Waals surface area contributed by atoms with Gasteiger partial charge >= 0.3 is 0 Å². The summed E-state index contributed by atoms with van der Waals surface area (Å²) in [6.45, 7) is 6.48. The van der Waals surface area contributed by atoms with Crippen LogP contribution in [0.25, 0.3) is 0 Å². The van der Waals surface area contributed by atoms with Crippen molar-refractivity contribution in [1.82, 2.24) is 10.2 Å². The van der Waals surface area contributed by atoms with Crippen molar-refractivity contribution in [2.45, 2.75) is 19.3 Å². The Morgan fingerprint density at radius 1 is 1.19 bits per heavy atom. The third kappa shape index (κ3) is 4.35. The van der Waals surface area contributed by atoms with Gasteiger partial charge in [0.15, 0.2) is 11.5 Å². The lowest BCUT2D eigenvalue weighted by molar-refractivity contribution is 0.243. The molecule has 1 saturated heterocycles. The van der Waals surface area contributed by atoms with Gasteiger partial charge in [-0.15, -0.1) is 0 Å². The first-order chi connectivity index (χ1) is 10.3. The molecule has 1 saturated carbocycles. The van der Waals surface area contributed by atoms with E-state index in [-0.39, 0.29) is 0 Å². The molecule has 2 aliphatic rings. The normalized spacial score (nSPS) is 19.5. The van der Waals surface area contributed by atoms with E-state index in [1.165, 1.54) is 18.4 Å². The molecule has 0 unspecified atom stereocenters. The average molecular weight is 290 g/mol. The zero-order valence-corrected chi connectivity index (χ0v) is 12.9. The van der Waals surface area contributed by atoms with E-state index >= 15 is 0 Å². The quantitative estimate of drug-likeness (QED) is 0.832. The van der Waals surface area contributed by atoms with Gasteiger partial charge < -0.3 is 19.7 Å². The van der Waals surface area contributed by atoms with Gasteiger partial charge in [0, 0.05) is 32.7 Å². The van der Waals surface area contributed by atoms with E-state index in [1.807, 2.05) is 6.07 Å². The van der Waals surface area contributed by atoms with Crippen molar-refractivity contribution in [2.24, 2.45) is 5.92 Å². The topological polar surface area (TPSA) is 33.7 Å². The molecule has 116 valence electrons. The molecular weight excluding hydrogens is 264 g/mol. The lowest BCUT2D eigenvalue weighted by atomic mass is 10.1. The van der Waals surface area contributed by atoms with Crippen LogP contribution >= 0.6 is 0 Å². The summed E-state index contributed by atoms with van der Waals surface area (Å²) in [5.41, 5.74) is 1.33. The van der Waals surface area contributed by atoms with Gasteiger partial charge in [-0.25, -0.2) is 0 Å². The van der Waals surface area contributed by atoms with Crippen molar-refractivity contribution in [3.05, 3.63) is 23.8 Å². The third-order valence-corrected chi connectivity index (χ3v) is 4.33. The third-order valence-electron chi connectivity index (χ3n) is 4.33. The first-order valence-corrected chi connectivity index (χ1v) is 8.08. The summed E-state index contributed by atoms with van der Waals surface area (Å²) in [5, 5.41) is 3.39. The first-order valence-electron chi connectivity index (χ1n) is 8.08. The molecule has 4 nitrogen and oxygen atoms in total. The summed E-state index contributed by atoms with van der Waals surface area (Å²) >= 11 is 0. The number of ether oxygens (including phenoxy) is 2. The molecule has 2 fully saturated rings. The van der Waals surface area contributed by atoms with E-state index in [9.17, 15) is 0 Å². The molecule has 0 spiro atoms. The second kappa shape index (κ2) is 7.14. The van der Waals surface area contributed by atoms with Crippen molar-refractivity contribution in [3.8, 4) is 11.5 Å². The molecule has 21 heavy (non-hydrogen) atoms. The van der Waals surface area contributed by atoms with Crippen LogP contribution in [0.2, 0.25) is 0 Å². The lowest BCUT2D eigenvalue weighted by Crippen LogP contribution is -2.44. The van der Waals surface area contributed by atoms with E-state index in [4.69, 9.17) is 9.47 Å². The maximum absolute atomic E-state index is 5.94. The zero-order valence-electron chi connectivity index (χ0n) is 12.9. The van der Waals surface area contributed by atoms with Crippen molar-refractivity contribution >= 4 is 0 Å². The van der Waals surface area contributed by atoms with Crippen LogP contribution < -0.4 is 14.8 Å². The maximum Gasteiger partial charge on any atom is 0.161 e. The lowest BCUT2D eigenvalue weighted by Gasteiger charge is -2.27. The summed E-state index contributed by atoms with van der Waals surface area (Å²) in [6, 6.07) is 6.35. The average Bonchev–Trinajstić information content (AvgIpc) is 3.36. The molecular formula is C17H26N2O2. The summed E-state index contributed by atoms with van der Waals surface area (Å²) in [6.07, 6.45) is 3.69. The van der Waals surface area contributed by atoms with Gasteiger partial charge in [0.1, 0.15) is 0 Å². The molecule has 1 aromatic carbocycles. The molecule has 4 heteroatoms. The first kappa shape index (κ1) is 14.7. The van der Waals surface area contributed by atoms with Crippen molar-refractivity contribution < 1.29 is 9.47 Å². The van der Waals surface area contributed by atoms with E-state index in [0.29, 0.717) is 0 Å². The highest BCUT2D eigenvalue weighted by molar-refractivity contribution is 5.43. The Kier molecular flexibility index (Phi) is 4.99. The van der Waals surface area contributed by atoms with Gasteiger partial charge in [0.2, 0.25) is 0 Å². The minimum Gasteiger partial charge on any atom is -0.493 e. The second-order valence-corrected chi connectivity index (χ2v) is 6.08. The van der Waals surface area contributed by atoms with Crippen LogP contribution in [-0.2, 0) is 6.42 Å². The van der Waals surface area contributed by atoms with Gasteiger partial charge in [0.05, 0.1) is 13.7 Å². The molecule has 0 radical (unpaired) electrons. The van der Waals surface area contributed by atoms with Gasteiger partial charge in [-0.05, 0) is 42.9 Å².